The van der Waals surface area contributed by atoms with Crippen molar-refractivity contribution >= 4 is 5.97 Å². The smallest absolute Gasteiger partial charge is 0.305 e. The summed E-state index contributed by atoms with van der Waals surface area (Å²) in [4.78, 5) is 11.4. The Balaban J connectivity index is 2.83. The average molecular weight is 245 g/mol. The Bertz CT molecular complexity index is 422. The van der Waals surface area contributed by atoms with Crippen LogP contribution in [0.25, 0.3) is 0 Å². The van der Waals surface area contributed by atoms with Gasteiger partial charge < -0.3 is 4.74 Å². The molecule has 96 valence electrons. The molecule has 0 radical (unpaired) electrons. The molecule has 0 spiro atoms. The SMILES string of the molecule is CCOC(=O)CCC(C#N)(CC)c1ccccc1. The first-order valence-electron chi connectivity index (χ1n) is 6.31. The zero-order chi connectivity index (χ0) is 13.4. The molecule has 0 heterocycles. The molecule has 1 atom stereocenters. The lowest BCUT2D eigenvalue weighted by atomic mass is 9.76. The van der Waals surface area contributed by atoms with Crippen LogP contribution in [0.15, 0.2) is 30.3 Å². The van der Waals surface area contributed by atoms with Crippen molar-refractivity contribution in [3.8, 4) is 6.07 Å². The van der Waals surface area contributed by atoms with Crippen molar-refractivity contribution < 1.29 is 9.53 Å². The normalized spacial score (nSPS) is 13.4. The summed E-state index contributed by atoms with van der Waals surface area (Å²) in [6.07, 6.45) is 1.47. The number of carbonyl (C=O) groups excluding carboxylic acids is 1. The molecule has 1 aromatic carbocycles. The fraction of sp³-hybridized carbons (Fsp3) is 0.467. The minimum atomic E-state index is -0.589. The number of carbonyl (C=O) groups is 1. The van der Waals surface area contributed by atoms with E-state index in [0.29, 0.717) is 19.4 Å². The van der Waals surface area contributed by atoms with Gasteiger partial charge in [-0.25, -0.2) is 0 Å². The molecule has 0 aromatic heterocycles. The Morgan fingerprint density at radius 3 is 2.50 bits per heavy atom. The highest BCUT2D eigenvalue weighted by molar-refractivity contribution is 5.69. The van der Waals surface area contributed by atoms with Gasteiger partial charge in [0.05, 0.1) is 18.1 Å². The summed E-state index contributed by atoms with van der Waals surface area (Å²) in [6.45, 7) is 4.14. The highest BCUT2D eigenvalue weighted by Gasteiger charge is 2.30. The minimum Gasteiger partial charge on any atom is -0.466 e. The van der Waals surface area contributed by atoms with Crippen LogP contribution < -0.4 is 0 Å². The molecule has 1 rings (SSSR count). The predicted octanol–water partition coefficient (Wildman–Crippen LogP) is 3.20. The monoisotopic (exact) mass is 245 g/mol. The van der Waals surface area contributed by atoms with Crippen molar-refractivity contribution in [2.45, 2.75) is 38.5 Å². The van der Waals surface area contributed by atoms with Crippen molar-refractivity contribution in [1.82, 2.24) is 0 Å². The molecule has 18 heavy (non-hydrogen) atoms. The van der Waals surface area contributed by atoms with Crippen LogP contribution in [-0.4, -0.2) is 12.6 Å². The Morgan fingerprint density at radius 1 is 1.33 bits per heavy atom. The third kappa shape index (κ3) is 3.33. The molecule has 1 unspecified atom stereocenters. The third-order valence-corrected chi connectivity index (χ3v) is 3.21. The molecular weight excluding hydrogens is 226 g/mol. The molecule has 0 amide bonds. The second-order valence-electron chi connectivity index (χ2n) is 4.22. The molecule has 0 fully saturated rings. The summed E-state index contributed by atoms with van der Waals surface area (Å²) < 4.78 is 4.91. The zero-order valence-electron chi connectivity index (χ0n) is 11.0. The summed E-state index contributed by atoms with van der Waals surface area (Å²) in [5.74, 6) is -0.235. The molecule has 3 heteroatoms. The quantitative estimate of drug-likeness (QED) is 0.723. The maximum Gasteiger partial charge on any atom is 0.305 e. The van der Waals surface area contributed by atoms with E-state index < -0.39 is 5.41 Å². The number of nitriles is 1. The van der Waals surface area contributed by atoms with Crippen molar-refractivity contribution in [1.29, 1.82) is 5.26 Å². The number of rotatable bonds is 6. The largest absolute Gasteiger partial charge is 0.466 e. The van der Waals surface area contributed by atoms with Gasteiger partial charge in [0.25, 0.3) is 0 Å². The summed E-state index contributed by atoms with van der Waals surface area (Å²) >= 11 is 0. The Hall–Kier alpha value is -1.82. The minimum absolute atomic E-state index is 0.235. The highest BCUT2D eigenvalue weighted by Crippen LogP contribution is 2.32. The van der Waals surface area contributed by atoms with Crippen LogP contribution in [0.3, 0.4) is 0 Å². The van der Waals surface area contributed by atoms with Crippen LogP contribution in [0.1, 0.15) is 38.7 Å². The zero-order valence-corrected chi connectivity index (χ0v) is 11.0. The summed E-state index contributed by atoms with van der Waals surface area (Å²) in [5.41, 5.74) is 0.382. The second-order valence-corrected chi connectivity index (χ2v) is 4.22. The first-order valence-corrected chi connectivity index (χ1v) is 6.31. The lowest BCUT2D eigenvalue weighted by Crippen LogP contribution is -2.24. The molecule has 0 aliphatic rings. The van der Waals surface area contributed by atoms with E-state index >= 15 is 0 Å². The van der Waals surface area contributed by atoms with Gasteiger partial charge in [-0.3, -0.25) is 4.79 Å². The van der Waals surface area contributed by atoms with E-state index in [1.165, 1.54) is 0 Å². The molecule has 0 saturated heterocycles. The summed E-state index contributed by atoms with van der Waals surface area (Å²) in [6, 6.07) is 12.0. The summed E-state index contributed by atoms with van der Waals surface area (Å²) in [7, 11) is 0. The summed E-state index contributed by atoms with van der Waals surface area (Å²) in [5, 5.41) is 9.47. The molecule has 3 nitrogen and oxygen atoms in total. The van der Waals surface area contributed by atoms with Gasteiger partial charge in [-0.2, -0.15) is 5.26 Å². The molecule has 0 bridgehead atoms. The van der Waals surface area contributed by atoms with Gasteiger partial charge in [0.15, 0.2) is 0 Å². The number of ether oxygens (including phenoxy) is 1. The number of esters is 1. The van der Waals surface area contributed by atoms with Crippen molar-refractivity contribution in [2.24, 2.45) is 0 Å². The van der Waals surface area contributed by atoms with E-state index in [4.69, 9.17) is 4.74 Å². The Morgan fingerprint density at radius 2 is 2.00 bits per heavy atom. The highest BCUT2D eigenvalue weighted by atomic mass is 16.5. The van der Waals surface area contributed by atoms with E-state index in [1.54, 1.807) is 6.92 Å². The van der Waals surface area contributed by atoms with Gasteiger partial charge in [-0.15, -0.1) is 0 Å². The topological polar surface area (TPSA) is 50.1 Å². The van der Waals surface area contributed by atoms with Crippen LogP contribution in [-0.2, 0) is 14.9 Å². The van der Waals surface area contributed by atoms with Crippen molar-refractivity contribution in [2.75, 3.05) is 6.61 Å². The van der Waals surface area contributed by atoms with Crippen LogP contribution in [0.2, 0.25) is 0 Å². The van der Waals surface area contributed by atoms with Gasteiger partial charge >= 0.3 is 5.97 Å². The van der Waals surface area contributed by atoms with E-state index in [-0.39, 0.29) is 12.4 Å². The van der Waals surface area contributed by atoms with Crippen LogP contribution in [0, 0.1) is 11.3 Å². The van der Waals surface area contributed by atoms with Crippen LogP contribution in [0.5, 0.6) is 0 Å². The lowest BCUT2D eigenvalue weighted by molar-refractivity contribution is -0.143. The first-order chi connectivity index (χ1) is 8.68. The van der Waals surface area contributed by atoms with Gasteiger partial charge in [0.2, 0.25) is 0 Å². The Kier molecular flexibility index (Phi) is 5.38. The third-order valence-electron chi connectivity index (χ3n) is 3.21. The number of benzene rings is 1. The van der Waals surface area contributed by atoms with Crippen molar-refractivity contribution in [3.05, 3.63) is 35.9 Å². The van der Waals surface area contributed by atoms with E-state index in [2.05, 4.69) is 6.07 Å². The van der Waals surface area contributed by atoms with Crippen LogP contribution >= 0.6 is 0 Å². The molecule has 0 N–H and O–H groups in total. The van der Waals surface area contributed by atoms with E-state index in [0.717, 1.165) is 5.56 Å². The number of hydrogen-bond donors (Lipinski definition) is 0. The second kappa shape index (κ2) is 6.80. The van der Waals surface area contributed by atoms with Gasteiger partial charge in [-0.1, -0.05) is 37.3 Å². The van der Waals surface area contributed by atoms with Crippen LogP contribution in [0.4, 0.5) is 0 Å². The number of hydrogen-bond acceptors (Lipinski definition) is 3. The lowest BCUT2D eigenvalue weighted by Gasteiger charge is -2.25. The fourth-order valence-corrected chi connectivity index (χ4v) is 2.03. The van der Waals surface area contributed by atoms with Gasteiger partial charge in [0.1, 0.15) is 0 Å². The van der Waals surface area contributed by atoms with E-state index in [1.807, 2.05) is 37.3 Å². The van der Waals surface area contributed by atoms with Gasteiger partial charge in [-0.05, 0) is 25.3 Å². The maximum atomic E-state index is 11.4. The Labute approximate surface area is 108 Å². The first kappa shape index (κ1) is 14.2. The van der Waals surface area contributed by atoms with Gasteiger partial charge in [0, 0.05) is 6.42 Å². The molecular formula is C15H19NO2. The molecule has 1 aromatic rings. The maximum absolute atomic E-state index is 11.4. The van der Waals surface area contributed by atoms with Crippen molar-refractivity contribution in [3.63, 3.8) is 0 Å². The average Bonchev–Trinajstić information content (AvgIpc) is 2.42. The molecule has 0 saturated carbocycles. The standard InChI is InChI=1S/C15H19NO2/c1-3-15(12-16,11-10-14(17)18-4-2)13-8-6-5-7-9-13/h5-9H,3-4,10-11H2,1-2H3. The molecule has 0 aliphatic carbocycles. The predicted molar refractivity (Wildman–Crippen MR) is 69.9 cm³/mol. The number of nitrogens with zero attached hydrogens (tertiary/aromatic N) is 1. The molecule has 0 aliphatic heterocycles. The van der Waals surface area contributed by atoms with E-state index in [9.17, 15) is 10.1 Å². The fourth-order valence-electron chi connectivity index (χ4n) is 2.03.